The van der Waals surface area contributed by atoms with E-state index in [1.807, 2.05) is 12.1 Å². The van der Waals surface area contributed by atoms with Crippen LogP contribution in [0, 0.1) is 0 Å². The van der Waals surface area contributed by atoms with Crippen molar-refractivity contribution in [2.75, 3.05) is 13.7 Å². The molecule has 0 unspecified atom stereocenters. The molecule has 4 N–H and O–H groups in total. The van der Waals surface area contributed by atoms with E-state index in [4.69, 9.17) is 9.47 Å². The molecule has 0 spiro atoms. The van der Waals surface area contributed by atoms with Crippen molar-refractivity contribution in [2.45, 2.75) is 37.2 Å². The molecule has 0 radical (unpaired) electrons. The summed E-state index contributed by atoms with van der Waals surface area (Å²) in [6.07, 6.45) is -0.392. The van der Waals surface area contributed by atoms with Gasteiger partial charge in [-0.2, -0.15) is 0 Å². The van der Waals surface area contributed by atoms with Crippen molar-refractivity contribution >= 4 is 0 Å². The van der Waals surface area contributed by atoms with Gasteiger partial charge in [0.15, 0.2) is 6.29 Å². The predicted octanol–water partition coefficient (Wildman–Crippen LogP) is -1.37. The number of hydrogen-bond donors (Lipinski definition) is 4. The van der Waals surface area contributed by atoms with Crippen molar-refractivity contribution in [1.29, 1.82) is 0 Å². The van der Waals surface area contributed by atoms with E-state index in [0.717, 1.165) is 5.56 Å². The van der Waals surface area contributed by atoms with Gasteiger partial charge in [0.25, 0.3) is 0 Å². The minimum atomic E-state index is -1.03. The average Bonchev–Trinajstić information content (AvgIpc) is 2.48. The number of rotatable bonds is 5. The lowest BCUT2D eigenvalue weighted by Crippen LogP contribution is -2.63. The van der Waals surface area contributed by atoms with Crippen LogP contribution in [0.4, 0.5) is 0 Å². The summed E-state index contributed by atoms with van der Waals surface area (Å²) in [6.45, 7) is 0.108. The van der Waals surface area contributed by atoms with Crippen LogP contribution in [-0.4, -0.2) is 64.7 Å². The largest absolute Gasteiger partial charge is 0.394 e. The molecule has 0 aromatic carbocycles. The zero-order valence-corrected chi connectivity index (χ0v) is 11.2. The molecule has 1 aliphatic heterocycles. The molecule has 1 aromatic heterocycles. The quantitative estimate of drug-likeness (QED) is 0.528. The van der Waals surface area contributed by atoms with E-state index in [1.165, 1.54) is 7.11 Å². The summed E-state index contributed by atoms with van der Waals surface area (Å²) < 4.78 is 10.3. The molecule has 20 heavy (non-hydrogen) atoms. The van der Waals surface area contributed by atoms with Gasteiger partial charge in [-0.1, -0.05) is 0 Å². The summed E-state index contributed by atoms with van der Waals surface area (Å²) in [5, 5.41) is 32.5. The van der Waals surface area contributed by atoms with Crippen molar-refractivity contribution in [1.82, 2.24) is 10.3 Å². The standard InChI is InChI=1S/C13H20N2O5/c1-19-13-12(18)10(11(17)9(7-16)20-13)15-6-8-2-4-14-5-3-8/h2-5,9-13,15-18H,6-7H2,1H3/t9-,10-,11-,12+,13+/m1/s1. The Morgan fingerprint density at radius 1 is 1.30 bits per heavy atom. The predicted molar refractivity (Wildman–Crippen MR) is 69.6 cm³/mol. The second-order valence-corrected chi connectivity index (χ2v) is 4.70. The molecule has 0 saturated carbocycles. The SMILES string of the molecule is CO[C@H]1O[C@H](CO)[C@@H](O)[C@@H](NCc2ccncc2)[C@@H]1O. The van der Waals surface area contributed by atoms with Gasteiger partial charge < -0.3 is 30.1 Å². The van der Waals surface area contributed by atoms with Gasteiger partial charge in [-0.3, -0.25) is 4.98 Å². The number of pyridine rings is 1. The highest BCUT2D eigenvalue weighted by molar-refractivity contribution is 5.10. The van der Waals surface area contributed by atoms with Crippen LogP contribution in [-0.2, 0) is 16.0 Å². The van der Waals surface area contributed by atoms with Gasteiger partial charge in [-0.15, -0.1) is 0 Å². The fourth-order valence-corrected chi connectivity index (χ4v) is 2.26. The second-order valence-electron chi connectivity index (χ2n) is 4.70. The lowest BCUT2D eigenvalue weighted by Gasteiger charge is -2.42. The van der Waals surface area contributed by atoms with E-state index in [1.54, 1.807) is 12.4 Å². The summed E-state index contributed by atoms with van der Waals surface area (Å²) in [5.74, 6) is 0. The van der Waals surface area contributed by atoms with Gasteiger partial charge in [0.1, 0.15) is 18.3 Å². The maximum atomic E-state index is 10.1. The lowest BCUT2D eigenvalue weighted by atomic mass is 9.96. The molecule has 2 rings (SSSR count). The fourth-order valence-electron chi connectivity index (χ4n) is 2.26. The van der Waals surface area contributed by atoms with Crippen molar-refractivity contribution in [3.05, 3.63) is 30.1 Å². The molecule has 1 fully saturated rings. The Bertz CT molecular complexity index is 389. The van der Waals surface area contributed by atoms with Gasteiger partial charge >= 0.3 is 0 Å². The van der Waals surface area contributed by atoms with Crippen LogP contribution in [0.5, 0.6) is 0 Å². The molecule has 2 heterocycles. The highest BCUT2D eigenvalue weighted by Gasteiger charge is 2.44. The summed E-state index contributed by atoms with van der Waals surface area (Å²) in [5.41, 5.74) is 0.973. The van der Waals surface area contributed by atoms with Crippen molar-refractivity contribution in [2.24, 2.45) is 0 Å². The van der Waals surface area contributed by atoms with E-state index < -0.39 is 30.6 Å². The Morgan fingerprint density at radius 3 is 2.60 bits per heavy atom. The topological polar surface area (TPSA) is 104 Å². The Labute approximate surface area is 117 Å². The van der Waals surface area contributed by atoms with Gasteiger partial charge in [0, 0.05) is 26.0 Å². The molecule has 0 bridgehead atoms. The van der Waals surface area contributed by atoms with E-state index in [2.05, 4.69) is 10.3 Å². The highest BCUT2D eigenvalue weighted by Crippen LogP contribution is 2.21. The zero-order chi connectivity index (χ0) is 14.5. The van der Waals surface area contributed by atoms with Gasteiger partial charge in [0.05, 0.1) is 12.6 Å². The monoisotopic (exact) mass is 284 g/mol. The van der Waals surface area contributed by atoms with Crippen molar-refractivity contribution in [3.63, 3.8) is 0 Å². The molecular weight excluding hydrogens is 264 g/mol. The number of nitrogens with one attached hydrogen (secondary N) is 1. The first-order valence-corrected chi connectivity index (χ1v) is 6.45. The highest BCUT2D eigenvalue weighted by atomic mass is 16.7. The molecule has 5 atom stereocenters. The Kier molecular flexibility index (Phi) is 5.41. The summed E-state index contributed by atoms with van der Waals surface area (Å²) in [4.78, 5) is 3.92. The second kappa shape index (κ2) is 7.07. The van der Waals surface area contributed by atoms with Crippen LogP contribution >= 0.6 is 0 Å². The fraction of sp³-hybridized carbons (Fsp3) is 0.615. The third-order valence-corrected chi connectivity index (χ3v) is 3.41. The number of methoxy groups -OCH3 is 1. The van der Waals surface area contributed by atoms with Crippen LogP contribution in [0.3, 0.4) is 0 Å². The third-order valence-electron chi connectivity index (χ3n) is 3.41. The molecule has 1 aromatic rings. The third kappa shape index (κ3) is 3.32. The Balaban J connectivity index is 2.02. The van der Waals surface area contributed by atoms with E-state index in [9.17, 15) is 15.3 Å². The summed E-state index contributed by atoms with van der Waals surface area (Å²) in [7, 11) is 1.40. The molecule has 1 saturated heterocycles. The molecule has 0 aliphatic carbocycles. The lowest BCUT2D eigenvalue weighted by molar-refractivity contribution is -0.271. The van der Waals surface area contributed by atoms with E-state index >= 15 is 0 Å². The van der Waals surface area contributed by atoms with Crippen LogP contribution in [0.15, 0.2) is 24.5 Å². The molecule has 112 valence electrons. The molecule has 0 amide bonds. The van der Waals surface area contributed by atoms with Gasteiger partial charge in [0.2, 0.25) is 0 Å². The first-order chi connectivity index (χ1) is 9.67. The molecule has 7 heteroatoms. The summed E-state index contributed by atoms with van der Waals surface area (Å²) in [6, 6.07) is 3.02. The van der Waals surface area contributed by atoms with E-state index in [0.29, 0.717) is 6.54 Å². The van der Waals surface area contributed by atoms with Crippen LogP contribution in [0.2, 0.25) is 0 Å². The first-order valence-electron chi connectivity index (χ1n) is 6.45. The van der Waals surface area contributed by atoms with Crippen LogP contribution in [0.1, 0.15) is 5.56 Å². The molecular formula is C13H20N2O5. The van der Waals surface area contributed by atoms with Gasteiger partial charge in [-0.25, -0.2) is 0 Å². The number of ether oxygens (including phenoxy) is 2. The first kappa shape index (κ1) is 15.3. The average molecular weight is 284 g/mol. The van der Waals surface area contributed by atoms with Crippen LogP contribution in [0.25, 0.3) is 0 Å². The Hall–Kier alpha value is -1.09. The number of aliphatic hydroxyl groups is 3. The number of nitrogens with zero attached hydrogens (tertiary/aromatic N) is 1. The number of aliphatic hydroxyl groups excluding tert-OH is 3. The molecule has 7 nitrogen and oxygen atoms in total. The summed E-state index contributed by atoms with van der Waals surface area (Å²) >= 11 is 0. The van der Waals surface area contributed by atoms with Crippen LogP contribution < -0.4 is 5.32 Å². The minimum Gasteiger partial charge on any atom is -0.394 e. The van der Waals surface area contributed by atoms with Crippen molar-refractivity contribution < 1.29 is 24.8 Å². The zero-order valence-electron chi connectivity index (χ0n) is 11.2. The van der Waals surface area contributed by atoms with Crippen molar-refractivity contribution in [3.8, 4) is 0 Å². The number of aromatic nitrogens is 1. The van der Waals surface area contributed by atoms with Gasteiger partial charge in [-0.05, 0) is 17.7 Å². The minimum absolute atomic E-state index is 0.346. The van der Waals surface area contributed by atoms with E-state index in [-0.39, 0.29) is 6.61 Å². The maximum absolute atomic E-state index is 10.1. The molecule has 1 aliphatic rings. The smallest absolute Gasteiger partial charge is 0.185 e. The Morgan fingerprint density at radius 2 is 2.00 bits per heavy atom. The number of hydrogen-bond acceptors (Lipinski definition) is 7. The normalized spacial score (nSPS) is 34.1. The maximum Gasteiger partial charge on any atom is 0.185 e.